The van der Waals surface area contributed by atoms with Crippen LogP contribution < -0.4 is 5.73 Å². The minimum absolute atomic E-state index is 0.385. The normalized spacial score (nSPS) is 12.9. The van der Waals surface area contributed by atoms with Gasteiger partial charge in [0.2, 0.25) is 0 Å². The number of aryl methyl sites for hydroxylation is 1. The van der Waals surface area contributed by atoms with E-state index in [1.165, 1.54) is 23.7 Å². The van der Waals surface area contributed by atoms with E-state index in [0.717, 1.165) is 23.4 Å². The van der Waals surface area contributed by atoms with Crippen molar-refractivity contribution in [2.45, 2.75) is 32.5 Å². The number of nitrogen functional groups attached to an aromatic ring is 1. The number of halogens is 3. The van der Waals surface area contributed by atoms with E-state index in [2.05, 4.69) is 10.1 Å². The highest BCUT2D eigenvalue weighted by Crippen LogP contribution is 2.37. The third kappa shape index (κ3) is 2.32. The number of alkyl halides is 3. The molecule has 2 rings (SSSR count). The average Bonchev–Trinajstić information content (AvgIpc) is 2.83. The molecule has 19 heavy (non-hydrogen) atoms. The molecular weight excluding hydrogens is 277 g/mol. The van der Waals surface area contributed by atoms with Gasteiger partial charge in [-0.05, 0) is 20.8 Å². The Labute approximate surface area is 112 Å². The fourth-order valence-corrected chi connectivity index (χ4v) is 2.37. The number of nitrogens with zero attached hydrogens (tertiary/aromatic N) is 3. The second kappa shape index (κ2) is 4.22. The molecular formula is C11H13F3N4S. The van der Waals surface area contributed by atoms with Crippen molar-refractivity contribution in [3.8, 4) is 10.4 Å². The largest absolute Gasteiger partial charge is 0.413 e. The molecule has 0 atom stereocenters. The highest BCUT2D eigenvalue weighted by atomic mass is 32.1. The van der Waals surface area contributed by atoms with Crippen molar-refractivity contribution in [1.29, 1.82) is 0 Å². The van der Waals surface area contributed by atoms with E-state index < -0.39 is 11.7 Å². The molecule has 0 amide bonds. The van der Waals surface area contributed by atoms with Crippen LogP contribution in [0.3, 0.4) is 0 Å². The number of thiazole rings is 1. The van der Waals surface area contributed by atoms with E-state index in [0.29, 0.717) is 16.4 Å². The van der Waals surface area contributed by atoms with Gasteiger partial charge in [-0.2, -0.15) is 18.3 Å². The fourth-order valence-electron chi connectivity index (χ4n) is 1.56. The maximum atomic E-state index is 12.9. The number of rotatable bonds is 2. The molecule has 0 spiro atoms. The van der Waals surface area contributed by atoms with Gasteiger partial charge in [0, 0.05) is 11.8 Å². The van der Waals surface area contributed by atoms with Gasteiger partial charge in [0.15, 0.2) is 10.7 Å². The molecule has 0 bridgehead atoms. The van der Waals surface area contributed by atoms with Gasteiger partial charge in [-0.3, -0.25) is 4.68 Å². The Morgan fingerprint density at radius 3 is 2.42 bits per heavy atom. The smallest absolute Gasteiger partial charge is 0.375 e. The first-order valence-corrected chi connectivity index (χ1v) is 6.29. The van der Waals surface area contributed by atoms with Gasteiger partial charge in [0.05, 0.1) is 16.8 Å². The number of aromatic nitrogens is 3. The number of hydrogen-bond donors (Lipinski definition) is 1. The summed E-state index contributed by atoms with van der Waals surface area (Å²) in [4.78, 5) is 4.78. The van der Waals surface area contributed by atoms with E-state index in [9.17, 15) is 13.2 Å². The van der Waals surface area contributed by atoms with Crippen LogP contribution in [-0.2, 0) is 5.54 Å². The maximum absolute atomic E-state index is 12.9. The van der Waals surface area contributed by atoms with Crippen LogP contribution in [0.2, 0.25) is 0 Å². The zero-order valence-corrected chi connectivity index (χ0v) is 11.4. The molecule has 2 aromatic rings. The molecule has 0 radical (unpaired) electrons. The van der Waals surface area contributed by atoms with Crippen LogP contribution in [-0.4, -0.2) is 20.9 Å². The molecule has 0 saturated heterocycles. The average molecular weight is 290 g/mol. The minimum atomic E-state index is -4.38. The predicted molar refractivity (Wildman–Crippen MR) is 67.9 cm³/mol. The molecule has 104 valence electrons. The maximum Gasteiger partial charge on any atom is 0.413 e. The molecule has 4 nitrogen and oxygen atoms in total. The zero-order valence-electron chi connectivity index (χ0n) is 10.6. The van der Waals surface area contributed by atoms with Gasteiger partial charge < -0.3 is 5.73 Å². The quantitative estimate of drug-likeness (QED) is 0.924. The third-order valence-corrected chi connectivity index (χ3v) is 3.96. The molecule has 2 N–H and O–H groups in total. The fraction of sp³-hybridized carbons (Fsp3) is 0.455. The van der Waals surface area contributed by atoms with Crippen molar-refractivity contribution < 1.29 is 13.2 Å². The zero-order chi connectivity index (χ0) is 14.4. The van der Waals surface area contributed by atoms with Crippen LogP contribution in [0.5, 0.6) is 0 Å². The van der Waals surface area contributed by atoms with Crippen molar-refractivity contribution in [1.82, 2.24) is 14.8 Å². The van der Waals surface area contributed by atoms with E-state index in [1.807, 2.05) is 0 Å². The molecule has 0 unspecified atom stereocenters. The van der Waals surface area contributed by atoms with Crippen molar-refractivity contribution in [2.24, 2.45) is 0 Å². The number of anilines is 1. The van der Waals surface area contributed by atoms with Crippen molar-refractivity contribution in [2.75, 3.05) is 5.73 Å². The van der Waals surface area contributed by atoms with Gasteiger partial charge in [0.25, 0.3) is 0 Å². The highest BCUT2D eigenvalue weighted by Gasteiger charge is 2.49. The summed E-state index contributed by atoms with van der Waals surface area (Å²) >= 11 is 1.23. The Kier molecular flexibility index (Phi) is 3.08. The van der Waals surface area contributed by atoms with Crippen molar-refractivity contribution in [3.05, 3.63) is 18.1 Å². The lowest BCUT2D eigenvalue weighted by Gasteiger charge is -2.27. The van der Waals surface area contributed by atoms with Gasteiger partial charge in [-0.25, -0.2) is 4.98 Å². The van der Waals surface area contributed by atoms with Crippen molar-refractivity contribution in [3.63, 3.8) is 0 Å². The minimum Gasteiger partial charge on any atom is -0.375 e. The lowest BCUT2D eigenvalue weighted by atomic mass is 10.1. The molecule has 0 fully saturated rings. The molecule has 0 saturated carbocycles. The van der Waals surface area contributed by atoms with Crippen molar-refractivity contribution >= 4 is 16.5 Å². The summed E-state index contributed by atoms with van der Waals surface area (Å²) in [6.45, 7) is 3.92. The summed E-state index contributed by atoms with van der Waals surface area (Å²) in [6, 6.07) is 0. The molecule has 2 aromatic heterocycles. The Hall–Kier alpha value is -1.57. The highest BCUT2D eigenvalue weighted by molar-refractivity contribution is 7.18. The van der Waals surface area contributed by atoms with Gasteiger partial charge >= 0.3 is 6.18 Å². The monoisotopic (exact) mass is 290 g/mol. The molecule has 2 heterocycles. The molecule has 8 heteroatoms. The third-order valence-electron chi connectivity index (χ3n) is 2.92. The Bertz CT molecular complexity index is 597. The summed E-state index contributed by atoms with van der Waals surface area (Å²) in [5.74, 6) is 0. The van der Waals surface area contributed by atoms with Gasteiger partial charge in [0.1, 0.15) is 0 Å². The van der Waals surface area contributed by atoms with E-state index >= 15 is 0 Å². The molecule has 0 aliphatic rings. The van der Waals surface area contributed by atoms with Crippen LogP contribution in [0.4, 0.5) is 18.3 Å². The predicted octanol–water partition coefficient (Wildman–Crippen LogP) is 3.19. The summed E-state index contributed by atoms with van der Waals surface area (Å²) in [5, 5.41) is 4.20. The topological polar surface area (TPSA) is 56.7 Å². The Morgan fingerprint density at radius 2 is 1.95 bits per heavy atom. The van der Waals surface area contributed by atoms with Crippen LogP contribution in [0.25, 0.3) is 10.4 Å². The van der Waals surface area contributed by atoms with E-state index in [4.69, 9.17) is 5.73 Å². The Morgan fingerprint density at radius 1 is 1.32 bits per heavy atom. The van der Waals surface area contributed by atoms with E-state index in [1.54, 1.807) is 6.92 Å². The summed E-state index contributed by atoms with van der Waals surface area (Å²) in [5.41, 5.74) is 4.79. The molecule has 0 aromatic carbocycles. The summed E-state index contributed by atoms with van der Waals surface area (Å²) in [6.07, 6.45) is -1.61. The molecule has 0 aliphatic heterocycles. The number of nitrogens with two attached hydrogens (primary N) is 1. The summed E-state index contributed by atoms with van der Waals surface area (Å²) < 4.78 is 39.7. The first-order chi connectivity index (χ1) is 8.63. The van der Waals surface area contributed by atoms with E-state index in [-0.39, 0.29) is 0 Å². The number of hydrogen-bond acceptors (Lipinski definition) is 4. The van der Waals surface area contributed by atoms with Crippen LogP contribution in [0.15, 0.2) is 12.4 Å². The lowest BCUT2D eigenvalue weighted by Crippen LogP contribution is -2.42. The standard InChI is InChI=1S/C11H13F3N4S/c1-6-8(19-9(15)17-6)7-4-16-18(5-7)10(2,3)11(12,13)14/h4-5H,1-3H3,(H2,15,17). The van der Waals surface area contributed by atoms with Crippen LogP contribution in [0, 0.1) is 6.92 Å². The second-order valence-corrected chi connectivity index (χ2v) is 5.73. The molecule has 0 aliphatic carbocycles. The SMILES string of the molecule is Cc1nc(N)sc1-c1cnn(C(C)(C)C(F)(F)F)c1. The first-order valence-electron chi connectivity index (χ1n) is 5.48. The lowest BCUT2D eigenvalue weighted by molar-refractivity contribution is -0.205. The van der Waals surface area contributed by atoms with Crippen LogP contribution >= 0.6 is 11.3 Å². The first kappa shape index (κ1) is 13.9. The van der Waals surface area contributed by atoms with Gasteiger partial charge in [-0.15, -0.1) is 0 Å². The van der Waals surface area contributed by atoms with Gasteiger partial charge in [-0.1, -0.05) is 11.3 Å². The Balaban J connectivity index is 2.43. The second-order valence-electron chi connectivity index (χ2n) is 4.70. The van der Waals surface area contributed by atoms with Crippen LogP contribution in [0.1, 0.15) is 19.5 Å². The summed E-state index contributed by atoms with van der Waals surface area (Å²) in [7, 11) is 0.